The lowest BCUT2D eigenvalue weighted by molar-refractivity contribution is 0.279. The first-order valence-electron chi connectivity index (χ1n) is 7.79. The number of hydrogen-bond acceptors (Lipinski definition) is 5. The van der Waals surface area contributed by atoms with Crippen molar-refractivity contribution in [3.8, 4) is 0 Å². The molecule has 1 aliphatic rings. The molecule has 114 valence electrons. The van der Waals surface area contributed by atoms with Crippen LogP contribution in [-0.4, -0.2) is 39.6 Å². The Bertz CT molecular complexity index is 608. The van der Waals surface area contributed by atoms with Crippen LogP contribution in [0.5, 0.6) is 0 Å². The second-order valence-corrected chi connectivity index (χ2v) is 6.55. The summed E-state index contributed by atoms with van der Waals surface area (Å²) in [7, 11) is 0. The number of aromatic nitrogens is 4. The zero-order valence-electron chi connectivity index (χ0n) is 13.1. The van der Waals surface area contributed by atoms with E-state index < -0.39 is 0 Å². The second kappa shape index (κ2) is 5.50. The van der Waals surface area contributed by atoms with Crippen molar-refractivity contribution < 1.29 is 0 Å². The number of fused-ring (bicyclic) bond motifs is 1. The molecule has 0 spiro atoms. The van der Waals surface area contributed by atoms with Gasteiger partial charge in [0.25, 0.3) is 0 Å². The van der Waals surface area contributed by atoms with Crippen molar-refractivity contribution in [1.82, 2.24) is 19.9 Å². The minimum Gasteiger partial charge on any atom is -0.355 e. The molecule has 0 aliphatic carbocycles. The van der Waals surface area contributed by atoms with E-state index in [2.05, 4.69) is 45.9 Å². The van der Waals surface area contributed by atoms with Crippen LogP contribution < -0.4 is 10.2 Å². The fraction of sp³-hybridized carbons (Fsp3) is 0.667. The predicted molar refractivity (Wildman–Crippen MR) is 85.7 cm³/mol. The number of hydrogen-bond donors (Lipinski definition) is 2. The van der Waals surface area contributed by atoms with E-state index in [0.717, 1.165) is 43.0 Å². The van der Waals surface area contributed by atoms with Crippen LogP contribution in [0.4, 0.5) is 11.8 Å². The average molecular weight is 288 g/mol. The molecule has 1 saturated heterocycles. The molecule has 0 atom stereocenters. The number of nitrogens with one attached hydrogen (secondary N) is 2. The quantitative estimate of drug-likeness (QED) is 0.905. The number of anilines is 2. The van der Waals surface area contributed by atoms with Gasteiger partial charge < -0.3 is 15.2 Å². The van der Waals surface area contributed by atoms with Crippen LogP contribution >= 0.6 is 0 Å². The van der Waals surface area contributed by atoms with Gasteiger partial charge in [0.1, 0.15) is 5.52 Å². The third kappa shape index (κ3) is 2.94. The number of aromatic amines is 1. The Hall–Kier alpha value is -1.85. The van der Waals surface area contributed by atoms with Crippen molar-refractivity contribution in [1.29, 1.82) is 0 Å². The van der Waals surface area contributed by atoms with E-state index in [9.17, 15) is 0 Å². The molecule has 0 saturated carbocycles. The van der Waals surface area contributed by atoms with E-state index in [0.29, 0.717) is 11.4 Å². The Morgan fingerprint density at radius 2 is 2.05 bits per heavy atom. The van der Waals surface area contributed by atoms with E-state index in [4.69, 9.17) is 4.98 Å². The molecule has 1 fully saturated rings. The first-order chi connectivity index (χ1) is 10.1. The van der Waals surface area contributed by atoms with E-state index in [1.807, 2.05) is 0 Å². The van der Waals surface area contributed by atoms with Crippen molar-refractivity contribution in [2.24, 2.45) is 5.41 Å². The molecule has 0 aromatic carbocycles. The van der Waals surface area contributed by atoms with Gasteiger partial charge in [0.2, 0.25) is 5.95 Å². The Labute approximate surface area is 125 Å². The Kier molecular flexibility index (Phi) is 3.69. The topological polar surface area (TPSA) is 69.7 Å². The molecule has 6 heteroatoms. The molecule has 21 heavy (non-hydrogen) atoms. The molecule has 2 aromatic rings. The lowest BCUT2D eigenvalue weighted by Gasteiger charge is -2.37. The minimum atomic E-state index is 0.430. The van der Waals surface area contributed by atoms with Gasteiger partial charge in [-0.1, -0.05) is 20.8 Å². The molecule has 3 heterocycles. The number of rotatable bonds is 4. The third-order valence-corrected chi connectivity index (χ3v) is 4.22. The molecular weight excluding hydrogens is 264 g/mol. The number of nitrogens with zero attached hydrogens (tertiary/aromatic N) is 4. The Morgan fingerprint density at radius 1 is 1.29 bits per heavy atom. The van der Waals surface area contributed by atoms with Crippen LogP contribution in [0.25, 0.3) is 11.2 Å². The highest BCUT2D eigenvalue weighted by Gasteiger charge is 2.27. The number of piperidine rings is 1. The second-order valence-electron chi connectivity index (χ2n) is 6.55. The predicted octanol–water partition coefficient (Wildman–Crippen LogP) is 2.80. The van der Waals surface area contributed by atoms with Crippen LogP contribution in [0.15, 0.2) is 6.33 Å². The van der Waals surface area contributed by atoms with Gasteiger partial charge in [0.15, 0.2) is 11.5 Å². The largest absolute Gasteiger partial charge is 0.355 e. The summed E-state index contributed by atoms with van der Waals surface area (Å²) < 4.78 is 0. The highest BCUT2D eigenvalue weighted by molar-refractivity contribution is 5.84. The van der Waals surface area contributed by atoms with Crippen molar-refractivity contribution in [3.63, 3.8) is 0 Å². The van der Waals surface area contributed by atoms with Crippen LogP contribution in [-0.2, 0) is 0 Å². The van der Waals surface area contributed by atoms with Gasteiger partial charge >= 0.3 is 0 Å². The van der Waals surface area contributed by atoms with Crippen molar-refractivity contribution in [2.75, 3.05) is 29.9 Å². The number of H-pyrrole nitrogens is 1. The summed E-state index contributed by atoms with van der Waals surface area (Å²) in [5, 5.41) is 3.27. The smallest absolute Gasteiger partial charge is 0.226 e. The van der Waals surface area contributed by atoms with E-state index in [-0.39, 0.29) is 0 Å². The zero-order chi connectivity index (χ0) is 14.9. The Morgan fingerprint density at radius 3 is 2.76 bits per heavy atom. The summed E-state index contributed by atoms with van der Waals surface area (Å²) in [4.78, 5) is 19.0. The maximum absolute atomic E-state index is 4.71. The van der Waals surface area contributed by atoms with Crippen LogP contribution in [0.1, 0.15) is 40.0 Å². The molecule has 0 unspecified atom stereocenters. The molecule has 0 amide bonds. The highest BCUT2D eigenvalue weighted by Crippen LogP contribution is 2.33. The molecule has 3 rings (SSSR count). The van der Waals surface area contributed by atoms with E-state index >= 15 is 0 Å². The molecule has 0 radical (unpaired) electrons. The SMILES string of the molecule is CCCNc1nc(N2CCC(C)(C)CC2)c2[nH]cnc2n1. The summed E-state index contributed by atoms with van der Waals surface area (Å²) in [5.41, 5.74) is 2.11. The van der Waals surface area contributed by atoms with Gasteiger partial charge in [-0.25, -0.2) is 4.98 Å². The Balaban J connectivity index is 1.91. The molecule has 0 bridgehead atoms. The average Bonchev–Trinajstić information content (AvgIpc) is 2.92. The van der Waals surface area contributed by atoms with Crippen molar-refractivity contribution in [2.45, 2.75) is 40.0 Å². The molecule has 1 aliphatic heterocycles. The minimum absolute atomic E-state index is 0.430. The van der Waals surface area contributed by atoms with Gasteiger partial charge in [0, 0.05) is 19.6 Å². The van der Waals surface area contributed by atoms with Gasteiger partial charge in [-0.15, -0.1) is 0 Å². The van der Waals surface area contributed by atoms with Gasteiger partial charge in [-0.05, 0) is 24.7 Å². The summed E-state index contributed by atoms with van der Waals surface area (Å²) in [6.07, 6.45) is 5.12. The third-order valence-electron chi connectivity index (χ3n) is 4.22. The standard InChI is InChI=1S/C15H24N6/c1-4-7-16-14-19-12-11(17-10-18-12)13(20-14)21-8-5-15(2,3)6-9-21/h10H,4-9H2,1-3H3,(H2,16,17,18,19,20). The summed E-state index contributed by atoms with van der Waals surface area (Å²) >= 11 is 0. The normalized spacial score (nSPS) is 18.1. The number of imidazole rings is 1. The first kappa shape index (κ1) is 14.1. The van der Waals surface area contributed by atoms with Crippen molar-refractivity contribution in [3.05, 3.63) is 6.33 Å². The fourth-order valence-electron chi connectivity index (χ4n) is 2.69. The monoisotopic (exact) mass is 288 g/mol. The molecule has 6 nitrogen and oxygen atoms in total. The zero-order valence-corrected chi connectivity index (χ0v) is 13.1. The summed E-state index contributed by atoms with van der Waals surface area (Å²) in [6.45, 7) is 9.75. The molecule has 2 N–H and O–H groups in total. The van der Waals surface area contributed by atoms with E-state index in [1.54, 1.807) is 6.33 Å². The maximum atomic E-state index is 4.71. The van der Waals surface area contributed by atoms with Crippen LogP contribution in [0.2, 0.25) is 0 Å². The molecular formula is C15H24N6. The lowest BCUT2D eigenvalue weighted by atomic mass is 9.83. The van der Waals surface area contributed by atoms with Crippen LogP contribution in [0.3, 0.4) is 0 Å². The summed E-state index contributed by atoms with van der Waals surface area (Å²) in [5.74, 6) is 1.66. The lowest BCUT2D eigenvalue weighted by Crippen LogP contribution is -2.38. The van der Waals surface area contributed by atoms with Crippen LogP contribution in [0, 0.1) is 5.41 Å². The fourth-order valence-corrected chi connectivity index (χ4v) is 2.69. The highest BCUT2D eigenvalue weighted by atomic mass is 15.3. The first-order valence-corrected chi connectivity index (χ1v) is 7.79. The molecule has 2 aromatic heterocycles. The maximum Gasteiger partial charge on any atom is 0.226 e. The van der Waals surface area contributed by atoms with E-state index in [1.165, 1.54) is 12.8 Å². The van der Waals surface area contributed by atoms with Gasteiger partial charge in [-0.3, -0.25) is 0 Å². The van der Waals surface area contributed by atoms with Gasteiger partial charge in [-0.2, -0.15) is 9.97 Å². The van der Waals surface area contributed by atoms with Gasteiger partial charge in [0.05, 0.1) is 6.33 Å². The summed E-state index contributed by atoms with van der Waals surface area (Å²) in [6, 6.07) is 0. The van der Waals surface area contributed by atoms with Crippen molar-refractivity contribution >= 4 is 22.9 Å².